The SMILES string of the molecule is CCOC(=O)CC(=O)COCCc1scnc1C. The third kappa shape index (κ3) is 5.37. The molecule has 0 N–H and O–H groups in total. The summed E-state index contributed by atoms with van der Waals surface area (Å²) in [7, 11) is 0. The van der Waals surface area contributed by atoms with Crippen molar-refractivity contribution < 1.29 is 19.1 Å². The Morgan fingerprint density at radius 1 is 1.44 bits per heavy atom. The fourth-order valence-corrected chi connectivity index (χ4v) is 2.10. The van der Waals surface area contributed by atoms with Crippen LogP contribution in [-0.4, -0.2) is 36.6 Å². The highest BCUT2D eigenvalue weighted by atomic mass is 32.1. The lowest BCUT2D eigenvalue weighted by Gasteiger charge is -2.03. The minimum absolute atomic E-state index is 0.0450. The summed E-state index contributed by atoms with van der Waals surface area (Å²) in [5.74, 6) is -0.751. The normalized spacial score (nSPS) is 10.3. The van der Waals surface area contributed by atoms with Gasteiger partial charge in [0.1, 0.15) is 13.0 Å². The molecule has 0 aliphatic heterocycles. The molecule has 1 rings (SSSR count). The van der Waals surface area contributed by atoms with Crippen LogP contribution in [0.15, 0.2) is 5.51 Å². The van der Waals surface area contributed by atoms with E-state index in [1.54, 1.807) is 23.8 Å². The number of hydrogen-bond donors (Lipinski definition) is 0. The first-order chi connectivity index (χ1) is 8.63. The van der Waals surface area contributed by atoms with Gasteiger partial charge in [-0.25, -0.2) is 4.98 Å². The molecule has 0 saturated heterocycles. The molecule has 0 fully saturated rings. The number of aryl methyl sites for hydroxylation is 1. The van der Waals surface area contributed by atoms with Crippen LogP contribution >= 0.6 is 11.3 Å². The van der Waals surface area contributed by atoms with E-state index in [2.05, 4.69) is 9.72 Å². The van der Waals surface area contributed by atoms with Gasteiger partial charge in [0.05, 0.1) is 24.4 Å². The highest BCUT2D eigenvalue weighted by Crippen LogP contribution is 2.12. The summed E-state index contributed by atoms with van der Waals surface area (Å²) in [5.41, 5.74) is 2.79. The average Bonchev–Trinajstić information content (AvgIpc) is 2.71. The minimum atomic E-state index is -0.496. The number of Topliss-reactive ketones (excluding diaryl/α,β-unsaturated/α-hetero) is 1. The van der Waals surface area contributed by atoms with Crippen LogP contribution in [0.3, 0.4) is 0 Å². The van der Waals surface area contributed by atoms with E-state index < -0.39 is 5.97 Å². The molecule has 0 saturated carbocycles. The van der Waals surface area contributed by atoms with E-state index in [1.165, 1.54) is 0 Å². The lowest BCUT2D eigenvalue weighted by Crippen LogP contribution is -2.16. The number of ketones is 1. The molecule has 1 aromatic rings. The van der Waals surface area contributed by atoms with Gasteiger partial charge in [0, 0.05) is 11.3 Å². The van der Waals surface area contributed by atoms with Crippen LogP contribution in [-0.2, 0) is 25.5 Å². The summed E-state index contributed by atoms with van der Waals surface area (Å²) in [4.78, 5) is 27.6. The highest BCUT2D eigenvalue weighted by molar-refractivity contribution is 7.09. The van der Waals surface area contributed by atoms with Crippen molar-refractivity contribution in [2.75, 3.05) is 19.8 Å². The molecule has 18 heavy (non-hydrogen) atoms. The van der Waals surface area contributed by atoms with Crippen molar-refractivity contribution >= 4 is 23.1 Å². The van der Waals surface area contributed by atoms with Crippen LogP contribution in [0, 0.1) is 6.92 Å². The van der Waals surface area contributed by atoms with Crippen LogP contribution in [0.4, 0.5) is 0 Å². The Hall–Kier alpha value is -1.27. The molecule has 0 atom stereocenters. The van der Waals surface area contributed by atoms with Crippen LogP contribution in [0.1, 0.15) is 23.9 Å². The predicted octanol–water partition coefficient (Wildman–Crippen LogP) is 1.53. The van der Waals surface area contributed by atoms with Gasteiger partial charge in [-0.2, -0.15) is 0 Å². The van der Waals surface area contributed by atoms with Crippen molar-refractivity contribution in [3.63, 3.8) is 0 Å². The quantitative estimate of drug-likeness (QED) is 0.407. The fraction of sp³-hybridized carbons (Fsp3) is 0.583. The number of thiazole rings is 1. The third-order valence-corrected chi connectivity index (χ3v) is 3.22. The van der Waals surface area contributed by atoms with E-state index in [9.17, 15) is 9.59 Å². The Bertz CT molecular complexity index is 403. The minimum Gasteiger partial charge on any atom is -0.466 e. The van der Waals surface area contributed by atoms with Crippen molar-refractivity contribution in [1.82, 2.24) is 4.98 Å². The standard InChI is InChI=1S/C12H17NO4S/c1-3-17-12(15)6-10(14)7-16-5-4-11-9(2)13-8-18-11/h8H,3-7H2,1-2H3. The van der Waals surface area contributed by atoms with E-state index in [0.29, 0.717) is 6.61 Å². The van der Waals surface area contributed by atoms with E-state index >= 15 is 0 Å². The molecule has 0 bridgehead atoms. The topological polar surface area (TPSA) is 65.5 Å². The molecule has 5 nitrogen and oxygen atoms in total. The van der Waals surface area contributed by atoms with Crippen molar-refractivity contribution in [2.24, 2.45) is 0 Å². The zero-order valence-electron chi connectivity index (χ0n) is 10.6. The number of carbonyl (C=O) groups is 2. The van der Waals surface area contributed by atoms with Crippen LogP contribution in [0.2, 0.25) is 0 Å². The Kier molecular flexibility index (Phi) is 6.53. The molecule has 1 heterocycles. The fourth-order valence-electron chi connectivity index (χ4n) is 1.34. The lowest BCUT2D eigenvalue weighted by atomic mass is 10.3. The van der Waals surface area contributed by atoms with Gasteiger partial charge in [-0.05, 0) is 13.8 Å². The first-order valence-electron chi connectivity index (χ1n) is 5.77. The summed E-state index contributed by atoms with van der Waals surface area (Å²) in [6.45, 7) is 4.35. The maximum Gasteiger partial charge on any atom is 0.313 e. The smallest absolute Gasteiger partial charge is 0.313 e. The predicted molar refractivity (Wildman–Crippen MR) is 67.6 cm³/mol. The number of rotatable bonds is 8. The molecule has 0 aromatic carbocycles. The second-order valence-corrected chi connectivity index (χ2v) is 4.62. The molecule has 0 aliphatic rings. The average molecular weight is 271 g/mol. The van der Waals surface area contributed by atoms with Gasteiger partial charge in [-0.3, -0.25) is 9.59 Å². The molecule has 100 valence electrons. The van der Waals surface area contributed by atoms with Gasteiger partial charge in [0.15, 0.2) is 5.78 Å². The Balaban J connectivity index is 2.12. The Morgan fingerprint density at radius 2 is 2.22 bits per heavy atom. The van der Waals surface area contributed by atoms with Gasteiger partial charge in [-0.1, -0.05) is 0 Å². The molecule has 6 heteroatoms. The molecular formula is C12H17NO4S. The lowest BCUT2D eigenvalue weighted by molar-refractivity contribution is -0.146. The van der Waals surface area contributed by atoms with E-state index in [1.807, 2.05) is 6.92 Å². The Morgan fingerprint density at radius 3 is 2.83 bits per heavy atom. The number of esters is 1. The number of ether oxygens (including phenoxy) is 2. The highest BCUT2D eigenvalue weighted by Gasteiger charge is 2.10. The summed E-state index contributed by atoms with van der Waals surface area (Å²) in [6.07, 6.45) is 0.524. The first kappa shape index (κ1) is 14.8. The van der Waals surface area contributed by atoms with Gasteiger partial charge in [0.25, 0.3) is 0 Å². The zero-order valence-corrected chi connectivity index (χ0v) is 11.4. The number of aromatic nitrogens is 1. The maximum atomic E-state index is 11.3. The second kappa shape index (κ2) is 7.94. The Labute approximate surface area is 110 Å². The van der Waals surface area contributed by atoms with Gasteiger partial charge in [0.2, 0.25) is 0 Å². The van der Waals surface area contributed by atoms with Crippen LogP contribution < -0.4 is 0 Å². The van der Waals surface area contributed by atoms with Gasteiger partial charge < -0.3 is 9.47 Å². The van der Waals surface area contributed by atoms with Crippen LogP contribution in [0.5, 0.6) is 0 Å². The van der Waals surface area contributed by atoms with Gasteiger partial charge >= 0.3 is 5.97 Å². The van der Waals surface area contributed by atoms with E-state index in [-0.39, 0.29) is 25.4 Å². The molecule has 0 spiro atoms. The van der Waals surface area contributed by atoms with Crippen molar-refractivity contribution in [3.05, 3.63) is 16.1 Å². The second-order valence-electron chi connectivity index (χ2n) is 3.68. The van der Waals surface area contributed by atoms with Gasteiger partial charge in [-0.15, -0.1) is 11.3 Å². The molecule has 0 radical (unpaired) electrons. The van der Waals surface area contributed by atoms with Crippen LogP contribution in [0.25, 0.3) is 0 Å². The molecule has 1 aromatic heterocycles. The molecule has 0 amide bonds. The summed E-state index contributed by atoms with van der Waals surface area (Å²) in [5, 5.41) is 0. The first-order valence-corrected chi connectivity index (χ1v) is 6.65. The van der Waals surface area contributed by atoms with Crippen molar-refractivity contribution in [1.29, 1.82) is 0 Å². The van der Waals surface area contributed by atoms with Crippen molar-refractivity contribution in [2.45, 2.75) is 26.7 Å². The summed E-state index contributed by atoms with van der Waals surface area (Å²) < 4.78 is 9.90. The summed E-state index contributed by atoms with van der Waals surface area (Å²) in [6, 6.07) is 0. The number of carbonyl (C=O) groups excluding carboxylic acids is 2. The number of hydrogen-bond acceptors (Lipinski definition) is 6. The summed E-state index contributed by atoms with van der Waals surface area (Å²) >= 11 is 1.58. The monoisotopic (exact) mass is 271 g/mol. The third-order valence-electron chi connectivity index (χ3n) is 2.23. The van der Waals surface area contributed by atoms with E-state index in [4.69, 9.17) is 4.74 Å². The van der Waals surface area contributed by atoms with E-state index in [0.717, 1.165) is 17.0 Å². The molecular weight excluding hydrogens is 254 g/mol. The van der Waals surface area contributed by atoms with Crippen molar-refractivity contribution in [3.8, 4) is 0 Å². The molecule has 0 unspecified atom stereocenters. The largest absolute Gasteiger partial charge is 0.466 e. The zero-order chi connectivity index (χ0) is 13.4. The maximum absolute atomic E-state index is 11.3. The number of nitrogens with zero attached hydrogens (tertiary/aromatic N) is 1. The molecule has 0 aliphatic carbocycles.